The number of carbonyl (C=O) groups is 5. The molecule has 0 bridgehead atoms. The summed E-state index contributed by atoms with van der Waals surface area (Å²) in [5, 5.41) is 8.53. The van der Waals surface area contributed by atoms with E-state index in [0.717, 1.165) is 5.56 Å². The van der Waals surface area contributed by atoms with E-state index in [1.54, 1.807) is 42.5 Å². The summed E-state index contributed by atoms with van der Waals surface area (Å²) < 4.78 is 21.4. The third-order valence-corrected chi connectivity index (χ3v) is 8.11. The van der Waals surface area contributed by atoms with Gasteiger partial charge in [0.2, 0.25) is 11.8 Å². The van der Waals surface area contributed by atoms with Crippen LogP contribution in [0.1, 0.15) is 45.7 Å². The zero-order valence-corrected chi connectivity index (χ0v) is 26.5. The molecule has 48 heavy (non-hydrogen) atoms. The Kier molecular flexibility index (Phi) is 12.2. The fourth-order valence-electron chi connectivity index (χ4n) is 5.69. The van der Waals surface area contributed by atoms with Crippen LogP contribution in [0.3, 0.4) is 0 Å². The third kappa shape index (κ3) is 9.19. The Morgan fingerprint density at radius 3 is 2.52 bits per heavy atom. The summed E-state index contributed by atoms with van der Waals surface area (Å²) in [6.45, 7) is 2.24. The maximum atomic E-state index is 13.2. The monoisotopic (exact) mass is 661 g/mol. The van der Waals surface area contributed by atoms with Crippen LogP contribution >= 0.6 is 0 Å². The van der Waals surface area contributed by atoms with E-state index >= 15 is 0 Å². The molecule has 0 spiro atoms. The molecule has 0 radical (unpaired) electrons. The molecule has 1 fully saturated rings. The van der Waals surface area contributed by atoms with Gasteiger partial charge in [-0.1, -0.05) is 12.1 Å². The Balaban J connectivity index is 1.09. The summed E-state index contributed by atoms with van der Waals surface area (Å²) in [5.41, 5.74) is 7.72. The number of nitrogens with two attached hydrogens (primary N) is 1. The number of amides is 4. The van der Waals surface area contributed by atoms with Gasteiger partial charge in [0.05, 0.1) is 45.3 Å². The smallest absolute Gasteiger partial charge is 0.274 e. The normalized spacial score (nSPS) is 17.2. The van der Waals surface area contributed by atoms with Gasteiger partial charge in [-0.05, 0) is 61.2 Å². The molecule has 2 atom stereocenters. The van der Waals surface area contributed by atoms with Crippen LogP contribution in [0, 0.1) is 11.8 Å². The van der Waals surface area contributed by atoms with Crippen LogP contribution in [0.4, 0.5) is 5.69 Å². The minimum atomic E-state index is -0.456. The van der Waals surface area contributed by atoms with E-state index < -0.39 is 5.91 Å². The number of Topliss-reactive ketones (excluding diaryl/α,β-unsaturated/α-hetero) is 1. The topological polar surface area (TPSA) is 197 Å². The molecule has 2 unspecified atom stereocenters. The number of carbonyl (C=O) groups excluding carboxylic acids is 5. The van der Waals surface area contributed by atoms with E-state index in [9.17, 15) is 24.0 Å². The summed E-state index contributed by atoms with van der Waals surface area (Å²) in [5.74, 6) is -1.73. The van der Waals surface area contributed by atoms with E-state index in [2.05, 4.69) is 20.9 Å². The number of hydrogen-bond acceptors (Lipinski definition) is 11. The van der Waals surface area contributed by atoms with Gasteiger partial charge >= 0.3 is 0 Å². The van der Waals surface area contributed by atoms with Crippen molar-refractivity contribution in [3.63, 3.8) is 0 Å². The van der Waals surface area contributed by atoms with E-state index in [-0.39, 0.29) is 60.8 Å². The average molecular weight is 662 g/mol. The highest BCUT2D eigenvalue weighted by molar-refractivity contribution is 6.07. The first kappa shape index (κ1) is 34.6. The number of ether oxygens (including phenoxy) is 4. The number of rotatable bonds is 17. The minimum Gasteiger partial charge on any atom is -0.483 e. The number of fused-ring (bicyclic) bond motifs is 2. The fourth-order valence-corrected chi connectivity index (χ4v) is 5.69. The van der Waals surface area contributed by atoms with Crippen molar-refractivity contribution in [3.8, 4) is 5.75 Å². The summed E-state index contributed by atoms with van der Waals surface area (Å²) >= 11 is 0. The van der Waals surface area contributed by atoms with Gasteiger partial charge in [-0.15, -0.1) is 0 Å². The van der Waals surface area contributed by atoms with Gasteiger partial charge in [-0.3, -0.25) is 29.3 Å². The molecule has 0 saturated carbocycles. The van der Waals surface area contributed by atoms with Gasteiger partial charge < -0.3 is 35.3 Å². The van der Waals surface area contributed by atoms with E-state index in [1.165, 1.54) is 0 Å². The number of nitrogens with one attached hydrogen (secondary N) is 3. The number of aromatic nitrogens is 1. The van der Waals surface area contributed by atoms with Crippen molar-refractivity contribution in [2.24, 2.45) is 17.6 Å². The molecule has 2 aliphatic rings. The van der Waals surface area contributed by atoms with Crippen LogP contribution < -0.4 is 26.4 Å². The van der Waals surface area contributed by atoms with Gasteiger partial charge in [-0.25, -0.2) is 4.98 Å². The molecular formula is C34H39N5O9. The summed E-state index contributed by atoms with van der Waals surface area (Å²) in [4.78, 5) is 66.7. The van der Waals surface area contributed by atoms with Gasteiger partial charge in [0.25, 0.3) is 11.8 Å². The van der Waals surface area contributed by atoms with Crippen LogP contribution in [0.25, 0.3) is 10.9 Å². The van der Waals surface area contributed by atoms with Gasteiger partial charge in [0.15, 0.2) is 12.4 Å². The molecule has 1 aromatic heterocycles. The van der Waals surface area contributed by atoms with E-state index in [4.69, 9.17) is 24.7 Å². The lowest BCUT2D eigenvalue weighted by atomic mass is 9.86. The molecule has 4 amide bonds. The molecule has 254 valence electrons. The summed E-state index contributed by atoms with van der Waals surface area (Å²) in [7, 11) is 0. The zero-order chi connectivity index (χ0) is 33.9. The second kappa shape index (κ2) is 16.9. The highest BCUT2D eigenvalue weighted by Crippen LogP contribution is 2.34. The Morgan fingerprint density at radius 2 is 1.73 bits per heavy atom. The van der Waals surface area contributed by atoms with E-state index in [1.807, 2.05) is 6.07 Å². The quantitative estimate of drug-likeness (QED) is 0.0934. The SMILES string of the molecule is NCOCCOCCOCCNC(=O)COc1cccc2nc(C(=O)Nc3ccc4c(c3)C(=O)C(CC3CCC(=O)NC3=O)C4)ccc12. The highest BCUT2D eigenvalue weighted by Gasteiger charge is 2.36. The van der Waals surface area contributed by atoms with Crippen LogP contribution in [0.5, 0.6) is 5.75 Å². The predicted molar refractivity (Wildman–Crippen MR) is 173 cm³/mol. The highest BCUT2D eigenvalue weighted by atomic mass is 16.5. The fraction of sp³-hybridized carbons (Fsp3) is 0.412. The van der Waals surface area contributed by atoms with Crippen LogP contribution in [0.15, 0.2) is 48.5 Å². The zero-order valence-electron chi connectivity index (χ0n) is 26.5. The lowest BCUT2D eigenvalue weighted by Crippen LogP contribution is -2.41. The number of imide groups is 1. The molecule has 5 rings (SSSR count). The first-order valence-corrected chi connectivity index (χ1v) is 15.9. The number of ketones is 1. The number of piperidine rings is 1. The number of hydrogen-bond donors (Lipinski definition) is 4. The molecule has 3 aromatic rings. The molecule has 5 N–H and O–H groups in total. The van der Waals surface area contributed by atoms with Crippen molar-refractivity contribution in [3.05, 3.63) is 65.4 Å². The third-order valence-electron chi connectivity index (χ3n) is 8.11. The largest absolute Gasteiger partial charge is 0.483 e. The second-order valence-electron chi connectivity index (χ2n) is 11.4. The van der Waals surface area contributed by atoms with Gasteiger partial charge in [0, 0.05) is 41.4 Å². The Bertz CT molecular complexity index is 1660. The van der Waals surface area contributed by atoms with Crippen molar-refractivity contribution >= 4 is 46.0 Å². The van der Waals surface area contributed by atoms with Crippen molar-refractivity contribution < 1.29 is 42.9 Å². The van der Waals surface area contributed by atoms with Crippen LogP contribution in [-0.2, 0) is 35.0 Å². The Hall–Kier alpha value is -4.76. The number of pyridine rings is 1. The van der Waals surface area contributed by atoms with Crippen molar-refractivity contribution in [2.45, 2.75) is 25.7 Å². The first-order chi connectivity index (χ1) is 23.3. The van der Waals surface area contributed by atoms with Crippen molar-refractivity contribution in [1.82, 2.24) is 15.6 Å². The van der Waals surface area contributed by atoms with E-state index in [0.29, 0.717) is 86.7 Å². The molecule has 1 saturated heterocycles. The lowest BCUT2D eigenvalue weighted by molar-refractivity contribution is -0.136. The number of benzene rings is 2. The number of anilines is 1. The minimum absolute atomic E-state index is 0.0733. The first-order valence-electron chi connectivity index (χ1n) is 15.9. The Labute approximate surface area is 277 Å². The molecule has 1 aliphatic carbocycles. The lowest BCUT2D eigenvalue weighted by Gasteiger charge is -2.22. The number of nitrogens with zero attached hydrogens (tertiary/aromatic N) is 1. The van der Waals surface area contributed by atoms with Gasteiger partial charge in [0.1, 0.15) is 11.4 Å². The average Bonchev–Trinajstić information content (AvgIpc) is 3.39. The van der Waals surface area contributed by atoms with Crippen LogP contribution in [0.2, 0.25) is 0 Å². The molecule has 14 nitrogen and oxygen atoms in total. The summed E-state index contributed by atoms with van der Waals surface area (Å²) in [6.07, 6.45) is 1.60. The van der Waals surface area contributed by atoms with Crippen molar-refractivity contribution in [1.29, 1.82) is 0 Å². The molecule has 2 aromatic carbocycles. The maximum Gasteiger partial charge on any atom is 0.274 e. The summed E-state index contributed by atoms with van der Waals surface area (Å²) in [6, 6.07) is 13.6. The molecule has 1 aliphatic heterocycles. The molecule has 2 heterocycles. The Morgan fingerprint density at radius 1 is 0.938 bits per heavy atom. The standard InChI is InChI=1S/C34H39N5O9/c35-20-47-15-14-46-13-12-45-11-10-36-31(41)19-48-29-3-1-2-27-25(29)7-8-28(38-27)34(44)37-24-6-4-21-16-23(32(42)26(21)18-24)17-22-5-9-30(40)39-33(22)43/h1-4,6-8,18,22-23H,5,9-17,19-20,35H2,(H,36,41)(H,37,44)(H,39,40,43). The van der Waals surface area contributed by atoms with Crippen LogP contribution in [-0.4, -0.2) is 87.3 Å². The second-order valence-corrected chi connectivity index (χ2v) is 11.4. The maximum absolute atomic E-state index is 13.2. The van der Waals surface area contributed by atoms with Gasteiger partial charge in [-0.2, -0.15) is 0 Å². The predicted octanol–water partition coefficient (Wildman–Crippen LogP) is 1.75. The molecule has 14 heteroatoms. The van der Waals surface area contributed by atoms with Crippen molar-refractivity contribution in [2.75, 3.05) is 58.2 Å². The molecular weight excluding hydrogens is 622 g/mol.